The monoisotopic (exact) mass is 469 g/mol. The Bertz CT molecular complexity index is 1340. The molecule has 0 saturated carbocycles. The number of benzene rings is 2. The standard InChI is InChI=1S/C23H20ClN3O4S/c1-14-10-19(20(30-2)11-17(14)24)25-21(28)13-32-23-26-18-8-4-3-7-16(18)22(29)27(23)12-15-6-5-9-31-15/h3-11H,12-13H2,1-2H3,(H,25,28). The summed E-state index contributed by atoms with van der Waals surface area (Å²) in [5.74, 6) is 0.879. The summed E-state index contributed by atoms with van der Waals surface area (Å²) in [4.78, 5) is 30.4. The highest BCUT2D eigenvalue weighted by Crippen LogP contribution is 2.31. The molecule has 0 aliphatic heterocycles. The van der Waals surface area contributed by atoms with Crippen LogP contribution in [0.2, 0.25) is 5.02 Å². The van der Waals surface area contributed by atoms with Gasteiger partial charge in [-0.05, 0) is 42.8 Å². The fourth-order valence-electron chi connectivity index (χ4n) is 3.20. The number of anilines is 1. The third kappa shape index (κ3) is 4.66. The van der Waals surface area contributed by atoms with Gasteiger partial charge in [-0.3, -0.25) is 14.2 Å². The molecule has 0 fully saturated rings. The van der Waals surface area contributed by atoms with E-state index < -0.39 is 0 Å². The van der Waals surface area contributed by atoms with E-state index in [0.717, 1.165) is 5.56 Å². The maximum atomic E-state index is 13.1. The topological polar surface area (TPSA) is 86.4 Å². The smallest absolute Gasteiger partial charge is 0.262 e. The Hall–Kier alpha value is -3.23. The highest BCUT2D eigenvalue weighted by atomic mass is 35.5. The second-order valence-corrected chi connectivity index (χ2v) is 8.37. The SMILES string of the molecule is COc1cc(Cl)c(C)cc1NC(=O)CSc1nc2ccccc2c(=O)n1Cc1ccco1. The number of aryl methyl sites for hydroxylation is 1. The third-order valence-corrected chi connectivity index (χ3v) is 6.19. The Balaban J connectivity index is 1.59. The zero-order valence-electron chi connectivity index (χ0n) is 17.4. The normalized spacial score (nSPS) is 11.0. The van der Waals surface area contributed by atoms with E-state index in [4.69, 9.17) is 20.8 Å². The van der Waals surface area contributed by atoms with Crippen molar-refractivity contribution in [3.63, 3.8) is 0 Å². The van der Waals surface area contributed by atoms with E-state index in [-0.39, 0.29) is 23.8 Å². The molecule has 164 valence electrons. The van der Waals surface area contributed by atoms with Gasteiger partial charge in [0, 0.05) is 11.1 Å². The molecule has 0 aliphatic rings. The molecule has 0 aliphatic carbocycles. The Morgan fingerprint density at radius 2 is 2.06 bits per heavy atom. The average Bonchev–Trinajstić information content (AvgIpc) is 3.30. The van der Waals surface area contributed by atoms with Crippen LogP contribution >= 0.6 is 23.4 Å². The lowest BCUT2D eigenvalue weighted by molar-refractivity contribution is -0.113. The number of hydrogen-bond acceptors (Lipinski definition) is 6. The molecule has 0 saturated heterocycles. The van der Waals surface area contributed by atoms with Crippen molar-refractivity contribution < 1.29 is 13.9 Å². The number of furan rings is 1. The Kier molecular flexibility index (Phi) is 6.53. The summed E-state index contributed by atoms with van der Waals surface area (Å²) in [5.41, 5.74) is 1.73. The van der Waals surface area contributed by atoms with Gasteiger partial charge >= 0.3 is 0 Å². The summed E-state index contributed by atoms with van der Waals surface area (Å²) < 4.78 is 12.2. The van der Waals surface area contributed by atoms with Crippen LogP contribution in [-0.4, -0.2) is 28.3 Å². The van der Waals surface area contributed by atoms with E-state index in [1.165, 1.54) is 23.4 Å². The summed E-state index contributed by atoms with van der Waals surface area (Å²) in [7, 11) is 1.51. The number of thioether (sulfide) groups is 1. The maximum absolute atomic E-state index is 13.1. The van der Waals surface area contributed by atoms with E-state index in [2.05, 4.69) is 10.3 Å². The minimum absolute atomic E-state index is 0.0494. The highest BCUT2D eigenvalue weighted by Gasteiger charge is 2.16. The minimum Gasteiger partial charge on any atom is -0.495 e. The van der Waals surface area contributed by atoms with Crippen LogP contribution in [-0.2, 0) is 11.3 Å². The molecule has 0 unspecified atom stereocenters. The van der Waals surface area contributed by atoms with Crippen molar-refractivity contribution >= 4 is 45.9 Å². The van der Waals surface area contributed by atoms with Crippen LogP contribution in [0.4, 0.5) is 5.69 Å². The van der Waals surface area contributed by atoms with Gasteiger partial charge in [0.05, 0.1) is 42.3 Å². The van der Waals surface area contributed by atoms with E-state index in [1.54, 1.807) is 48.7 Å². The number of nitrogens with zero attached hydrogens (tertiary/aromatic N) is 2. The number of methoxy groups -OCH3 is 1. The van der Waals surface area contributed by atoms with Crippen molar-refractivity contribution in [2.75, 3.05) is 18.2 Å². The molecule has 0 radical (unpaired) electrons. The van der Waals surface area contributed by atoms with Crippen LogP contribution in [0.3, 0.4) is 0 Å². The number of halogens is 1. The molecule has 2 aromatic heterocycles. The molecule has 2 aromatic carbocycles. The Morgan fingerprint density at radius 1 is 1.25 bits per heavy atom. The molecule has 4 rings (SSSR count). The first kappa shape index (κ1) is 22.0. The van der Waals surface area contributed by atoms with Crippen LogP contribution in [0.1, 0.15) is 11.3 Å². The number of amides is 1. The summed E-state index contributed by atoms with van der Waals surface area (Å²) in [6.07, 6.45) is 1.55. The zero-order chi connectivity index (χ0) is 22.7. The van der Waals surface area contributed by atoms with Crippen molar-refractivity contribution in [1.29, 1.82) is 0 Å². The molecule has 7 nitrogen and oxygen atoms in total. The molecule has 0 spiro atoms. The predicted molar refractivity (Wildman–Crippen MR) is 126 cm³/mol. The van der Waals surface area contributed by atoms with Gasteiger partial charge in [-0.2, -0.15) is 0 Å². The van der Waals surface area contributed by atoms with Crippen LogP contribution in [0.25, 0.3) is 10.9 Å². The molecule has 2 heterocycles. The predicted octanol–water partition coefficient (Wildman–Crippen LogP) is 4.74. The maximum Gasteiger partial charge on any atom is 0.262 e. The fraction of sp³-hybridized carbons (Fsp3) is 0.174. The molecule has 0 atom stereocenters. The fourth-order valence-corrected chi connectivity index (χ4v) is 4.15. The zero-order valence-corrected chi connectivity index (χ0v) is 19.0. The molecule has 32 heavy (non-hydrogen) atoms. The lowest BCUT2D eigenvalue weighted by Gasteiger charge is -2.14. The number of aromatic nitrogens is 2. The second kappa shape index (κ2) is 9.50. The van der Waals surface area contributed by atoms with Crippen LogP contribution in [0.15, 0.2) is 69.2 Å². The van der Waals surface area contributed by atoms with Gasteiger partial charge in [-0.15, -0.1) is 0 Å². The molecule has 4 aromatic rings. The van der Waals surface area contributed by atoms with E-state index in [1.807, 2.05) is 13.0 Å². The second-order valence-electron chi connectivity index (χ2n) is 7.02. The molecule has 9 heteroatoms. The number of hydrogen-bond donors (Lipinski definition) is 1. The third-order valence-electron chi connectivity index (χ3n) is 4.81. The van der Waals surface area contributed by atoms with Crippen molar-refractivity contribution in [3.8, 4) is 5.75 Å². The number of fused-ring (bicyclic) bond motifs is 1. The van der Waals surface area contributed by atoms with E-state index in [0.29, 0.717) is 38.3 Å². The van der Waals surface area contributed by atoms with Gasteiger partial charge in [0.1, 0.15) is 11.5 Å². The lowest BCUT2D eigenvalue weighted by Crippen LogP contribution is -2.24. The van der Waals surface area contributed by atoms with Gasteiger partial charge in [0.25, 0.3) is 5.56 Å². The lowest BCUT2D eigenvalue weighted by atomic mass is 10.2. The molecule has 1 N–H and O–H groups in total. The van der Waals surface area contributed by atoms with Crippen LogP contribution in [0, 0.1) is 6.92 Å². The van der Waals surface area contributed by atoms with Gasteiger partial charge in [-0.1, -0.05) is 35.5 Å². The summed E-state index contributed by atoms with van der Waals surface area (Å²) in [6, 6.07) is 14.1. The number of ether oxygens (including phenoxy) is 1. The van der Waals surface area contributed by atoms with Gasteiger partial charge in [0.15, 0.2) is 5.16 Å². The Morgan fingerprint density at radius 3 is 2.81 bits per heavy atom. The molecular formula is C23H20ClN3O4S. The first-order valence-electron chi connectivity index (χ1n) is 9.75. The van der Waals surface area contributed by atoms with Crippen LogP contribution in [0.5, 0.6) is 5.75 Å². The van der Waals surface area contributed by atoms with Gasteiger partial charge in [0.2, 0.25) is 5.91 Å². The van der Waals surface area contributed by atoms with E-state index in [9.17, 15) is 9.59 Å². The molecular weight excluding hydrogens is 450 g/mol. The Labute approximate surface area is 193 Å². The summed E-state index contributed by atoms with van der Waals surface area (Å²) in [6.45, 7) is 2.07. The van der Waals surface area contributed by atoms with Crippen molar-refractivity contribution in [2.24, 2.45) is 0 Å². The molecule has 1 amide bonds. The first-order chi connectivity index (χ1) is 15.5. The van der Waals surface area contributed by atoms with Gasteiger partial charge < -0.3 is 14.5 Å². The van der Waals surface area contributed by atoms with Crippen molar-refractivity contribution in [2.45, 2.75) is 18.6 Å². The number of carbonyl (C=O) groups excluding carboxylic acids is 1. The van der Waals surface area contributed by atoms with E-state index >= 15 is 0 Å². The first-order valence-corrected chi connectivity index (χ1v) is 11.1. The number of carbonyl (C=O) groups is 1. The minimum atomic E-state index is -0.262. The number of nitrogens with one attached hydrogen (secondary N) is 1. The van der Waals surface area contributed by atoms with Crippen molar-refractivity contribution in [3.05, 3.63) is 81.5 Å². The molecule has 0 bridgehead atoms. The van der Waals surface area contributed by atoms with Crippen molar-refractivity contribution in [1.82, 2.24) is 9.55 Å². The number of rotatable bonds is 7. The summed E-state index contributed by atoms with van der Waals surface area (Å²) in [5, 5.41) is 4.33. The van der Waals surface area contributed by atoms with Crippen LogP contribution < -0.4 is 15.6 Å². The quantitative estimate of drug-likeness (QED) is 0.311. The average molecular weight is 470 g/mol. The number of para-hydroxylation sites is 1. The van der Waals surface area contributed by atoms with Gasteiger partial charge in [-0.25, -0.2) is 4.98 Å². The highest BCUT2D eigenvalue weighted by molar-refractivity contribution is 7.99. The summed E-state index contributed by atoms with van der Waals surface area (Å²) >= 11 is 7.31. The largest absolute Gasteiger partial charge is 0.495 e.